The summed E-state index contributed by atoms with van der Waals surface area (Å²) >= 11 is 0. The van der Waals surface area contributed by atoms with E-state index in [1.54, 1.807) is 0 Å². The summed E-state index contributed by atoms with van der Waals surface area (Å²) in [5, 5.41) is 11.6. The molecule has 56 heavy (non-hydrogen) atoms. The van der Waals surface area contributed by atoms with Crippen LogP contribution in [0.2, 0.25) is 0 Å². The highest BCUT2D eigenvalue weighted by molar-refractivity contribution is 6.10. The third kappa shape index (κ3) is 6.73. The first-order valence-electron chi connectivity index (χ1n) is 19.5. The van der Waals surface area contributed by atoms with E-state index in [2.05, 4.69) is 158 Å². The molecule has 9 rings (SSSR count). The number of allylic oxidation sites excluding steroid dienone is 1. The van der Waals surface area contributed by atoms with E-state index in [1.165, 1.54) is 44.3 Å². The van der Waals surface area contributed by atoms with Crippen LogP contribution in [0.25, 0.3) is 39.3 Å². The van der Waals surface area contributed by atoms with Crippen LogP contribution < -0.4 is 0 Å². The SMILES string of the molecule is CCC[N+]1=C(/C=C/c2ccc3c(c2)c2ccccc2n3-c2ccc(-n3cc(CN(Cc4ccccn4)Cc4ccccn4)nn3)cc2)C(C)(C)c2ccccc21. The van der Waals surface area contributed by atoms with E-state index in [1.807, 2.05) is 59.7 Å². The number of hydrogen-bond donors (Lipinski definition) is 0. The van der Waals surface area contributed by atoms with Crippen LogP contribution in [0.1, 0.15) is 55.4 Å². The van der Waals surface area contributed by atoms with Crippen LogP contribution in [-0.2, 0) is 25.0 Å². The molecular formula is C48H45N8+. The molecule has 0 unspecified atom stereocenters. The van der Waals surface area contributed by atoms with Crippen LogP contribution in [0.4, 0.5) is 5.69 Å². The molecule has 0 saturated carbocycles. The van der Waals surface area contributed by atoms with Crippen molar-refractivity contribution in [3.8, 4) is 11.4 Å². The first-order valence-corrected chi connectivity index (χ1v) is 19.5. The third-order valence-corrected chi connectivity index (χ3v) is 10.9. The fourth-order valence-electron chi connectivity index (χ4n) is 8.24. The second-order valence-corrected chi connectivity index (χ2v) is 15.1. The van der Waals surface area contributed by atoms with E-state index in [9.17, 15) is 0 Å². The number of benzene rings is 4. The molecule has 5 heterocycles. The predicted molar refractivity (Wildman–Crippen MR) is 226 cm³/mol. The van der Waals surface area contributed by atoms with Crippen LogP contribution in [0.5, 0.6) is 0 Å². The van der Waals surface area contributed by atoms with Crippen molar-refractivity contribution in [1.29, 1.82) is 0 Å². The van der Waals surface area contributed by atoms with Crippen LogP contribution in [-0.4, -0.2) is 51.3 Å². The van der Waals surface area contributed by atoms with Gasteiger partial charge in [-0.1, -0.05) is 66.7 Å². The van der Waals surface area contributed by atoms with Crippen molar-refractivity contribution in [2.75, 3.05) is 6.54 Å². The average Bonchev–Trinajstić information content (AvgIpc) is 3.89. The molecule has 4 aromatic carbocycles. The average molecular weight is 734 g/mol. The Morgan fingerprint density at radius 2 is 1.32 bits per heavy atom. The molecule has 0 atom stereocenters. The van der Waals surface area contributed by atoms with Gasteiger partial charge in [-0.2, -0.15) is 4.58 Å². The number of pyridine rings is 2. The van der Waals surface area contributed by atoms with Gasteiger partial charge in [-0.15, -0.1) is 5.10 Å². The minimum absolute atomic E-state index is 0.0666. The van der Waals surface area contributed by atoms with Gasteiger partial charge < -0.3 is 4.57 Å². The highest BCUT2D eigenvalue weighted by atomic mass is 15.4. The van der Waals surface area contributed by atoms with Crippen molar-refractivity contribution in [3.63, 3.8) is 0 Å². The Morgan fingerprint density at radius 1 is 0.661 bits per heavy atom. The summed E-state index contributed by atoms with van der Waals surface area (Å²) < 4.78 is 6.71. The summed E-state index contributed by atoms with van der Waals surface area (Å²) in [4.78, 5) is 11.4. The van der Waals surface area contributed by atoms with E-state index in [0.29, 0.717) is 19.6 Å². The summed E-state index contributed by atoms with van der Waals surface area (Å²) in [5.41, 5.74) is 12.5. The summed E-state index contributed by atoms with van der Waals surface area (Å²) in [6, 6.07) is 45.0. The fourth-order valence-corrected chi connectivity index (χ4v) is 8.24. The Kier molecular flexibility index (Phi) is 9.41. The van der Waals surface area contributed by atoms with Crippen LogP contribution in [0.15, 0.2) is 152 Å². The molecule has 0 saturated heterocycles. The van der Waals surface area contributed by atoms with E-state index < -0.39 is 0 Å². The van der Waals surface area contributed by atoms with Crippen molar-refractivity contribution in [2.45, 2.75) is 52.2 Å². The van der Waals surface area contributed by atoms with Gasteiger partial charge >= 0.3 is 0 Å². The number of rotatable bonds is 12. The Hall–Kier alpha value is -6.51. The van der Waals surface area contributed by atoms with E-state index in [-0.39, 0.29) is 5.41 Å². The monoisotopic (exact) mass is 733 g/mol. The number of nitrogens with zero attached hydrogens (tertiary/aromatic N) is 8. The lowest BCUT2D eigenvalue weighted by molar-refractivity contribution is -0.437. The van der Waals surface area contributed by atoms with Crippen molar-refractivity contribution in [3.05, 3.63) is 180 Å². The molecule has 8 nitrogen and oxygen atoms in total. The van der Waals surface area contributed by atoms with Gasteiger partial charge in [0.1, 0.15) is 6.54 Å². The van der Waals surface area contributed by atoms with E-state index >= 15 is 0 Å². The second kappa shape index (κ2) is 15.0. The molecule has 8 heteroatoms. The van der Waals surface area contributed by atoms with Gasteiger partial charge in [0.2, 0.25) is 5.69 Å². The maximum Gasteiger partial charge on any atom is 0.209 e. The van der Waals surface area contributed by atoms with E-state index in [0.717, 1.165) is 41.4 Å². The molecule has 0 amide bonds. The van der Waals surface area contributed by atoms with Gasteiger partial charge in [0, 0.05) is 72.6 Å². The molecule has 276 valence electrons. The summed E-state index contributed by atoms with van der Waals surface area (Å²) in [6.07, 6.45) is 11.4. The Balaban J connectivity index is 0.987. The molecular weight excluding hydrogens is 689 g/mol. The predicted octanol–water partition coefficient (Wildman–Crippen LogP) is 9.86. The smallest absolute Gasteiger partial charge is 0.209 e. The van der Waals surface area contributed by atoms with Gasteiger partial charge in [-0.05, 0) is 92.2 Å². The molecule has 0 aliphatic carbocycles. The van der Waals surface area contributed by atoms with Crippen LogP contribution in [0, 0.1) is 0 Å². The highest BCUT2D eigenvalue weighted by Gasteiger charge is 2.43. The molecule has 0 spiro atoms. The molecule has 8 aromatic rings. The maximum absolute atomic E-state index is 4.57. The van der Waals surface area contributed by atoms with Crippen molar-refractivity contribution >= 4 is 39.3 Å². The third-order valence-electron chi connectivity index (χ3n) is 10.9. The van der Waals surface area contributed by atoms with Crippen molar-refractivity contribution in [1.82, 2.24) is 34.4 Å². The Labute approximate surface area is 327 Å². The lowest BCUT2D eigenvalue weighted by Crippen LogP contribution is -2.27. The zero-order valence-corrected chi connectivity index (χ0v) is 32.1. The van der Waals surface area contributed by atoms with Crippen LogP contribution in [0.3, 0.4) is 0 Å². The molecule has 0 fully saturated rings. The molecule has 0 bridgehead atoms. The van der Waals surface area contributed by atoms with Crippen LogP contribution >= 0.6 is 0 Å². The fraction of sp³-hybridized carbons (Fsp3) is 0.188. The summed E-state index contributed by atoms with van der Waals surface area (Å²) in [7, 11) is 0. The van der Waals surface area contributed by atoms with Crippen molar-refractivity contribution in [2.24, 2.45) is 0 Å². The first kappa shape index (κ1) is 35.2. The highest BCUT2D eigenvalue weighted by Crippen LogP contribution is 2.40. The Bertz CT molecular complexity index is 2660. The number of hydrogen-bond acceptors (Lipinski definition) is 5. The maximum atomic E-state index is 4.57. The zero-order valence-electron chi connectivity index (χ0n) is 32.1. The molecule has 4 aromatic heterocycles. The Morgan fingerprint density at radius 3 is 2.05 bits per heavy atom. The standard InChI is InChI=1S/C48H45N8/c1-4-29-54-46-18-8-6-16-43(46)48(2,3)47(54)26-20-35-19-25-45-42(30-35)41-15-5-7-17-44(41)56(45)40-23-21-39(22-24-40)55-34-38(51-52-55)33-53(31-36-13-9-11-27-49-36)32-37-14-10-12-28-50-37/h5-28,30,34H,4,29,31-33H2,1-3H3/q+1. The summed E-state index contributed by atoms with van der Waals surface area (Å²) in [5.74, 6) is 0. The molecule has 1 aliphatic rings. The normalized spacial score (nSPS) is 13.8. The number of aromatic nitrogens is 6. The minimum Gasteiger partial charge on any atom is -0.309 e. The molecule has 0 N–H and O–H groups in total. The number of fused-ring (bicyclic) bond motifs is 4. The van der Waals surface area contributed by atoms with Crippen molar-refractivity contribution < 1.29 is 4.58 Å². The topological polar surface area (TPSA) is 67.7 Å². The van der Waals surface area contributed by atoms with Gasteiger partial charge in [0.25, 0.3) is 0 Å². The lowest BCUT2D eigenvalue weighted by atomic mass is 9.81. The largest absolute Gasteiger partial charge is 0.309 e. The quantitative estimate of drug-likeness (QED) is 0.117. The van der Waals surface area contributed by atoms with Gasteiger partial charge in [-0.3, -0.25) is 14.9 Å². The van der Waals surface area contributed by atoms with Gasteiger partial charge in [0.15, 0.2) is 5.71 Å². The first-order chi connectivity index (χ1) is 27.5. The minimum atomic E-state index is -0.0666. The van der Waals surface area contributed by atoms with E-state index in [4.69, 9.17) is 0 Å². The summed E-state index contributed by atoms with van der Waals surface area (Å²) in [6.45, 7) is 9.92. The molecule has 1 aliphatic heterocycles. The van der Waals surface area contributed by atoms with Gasteiger partial charge in [-0.25, -0.2) is 4.68 Å². The number of para-hydroxylation sites is 2. The van der Waals surface area contributed by atoms with Gasteiger partial charge in [0.05, 0.1) is 45.4 Å². The second-order valence-electron chi connectivity index (χ2n) is 15.1. The lowest BCUT2D eigenvalue weighted by Gasteiger charge is -2.20. The molecule has 0 radical (unpaired) electrons. The zero-order chi connectivity index (χ0) is 38.1.